The zero-order chi connectivity index (χ0) is 31.8. The van der Waals surface area contributed by atoms with Crippen LogP contribution in [0.3, 0.4) is 0 Å². The van der Waals surface area contributed by atoms with Crippen LogP contribution in [0.2, 0.25) is 0 Å². The number of hydrogen-bond acceptors (Lipinski definition) is 5. The van der Waals surface area contributed by atoms with Crippen LogP contribution < -0.4 is 5.73 Å². The molecule has 1 saturated heterocycles. The van der Waals surface area contributed by atoms with Gasteiger partial charge in [-0.05, 0) is 91.3 Å². The van der Waals surface area contributed by atoms with E-state index in [0.717, 1.165) is 58.0 Å². The number of nitrogens with two attached hydrogens (primary N) is 1. The van der Waals surface area contributed by atoms with Gasteiger partial charge in [-0.15, -0.1) is 0 Å². The van der Waals surface area contributed by atoms with Crippen molar-refractivity contribution in [3.05, 3.63) is 11.6 Å². The molecule has 0 spiro atoms. The van der Waals surface area contributed by atoms with Crippen LogP contribution >= 0.6 is 0 Å². The molecular formula is C37H63NO5. The van der Waals surface area contributed by atoms with Crippen molar-refractivity contribution in [2.45, 2.75) is 131 Å². The second kappa shape index (κ2) is 11.1. The summed E-state index contributed by atoms with van der Waals surface area (Å²) in [5, 5.41) is 10.9. The molecule has 2 bridgehead atoms. The van der Waals surface area contributed by atoms with Crippen molar-refractivity contribution in [3.63, 3.8) is 0 Å². The molecule has 4 aliphatic carbocycles. The van der Waals surface area contributed by atoms with Crippen LogP contribution in [0.5, 0.6) is 0 Å². The van der Waals surface area contributed by atoms with Crippen LogP contribution in [-0.2, 0) is 19.0 Å². The number of rotatable bonds is 9. The predicted octanol–water partition coefficient (Wildman–Crippen LogP) is 7.49. The van der Waals surface area contributed by atoms with E-state index in [1.54, 1.807) is 5.57 Å². The summed E-state index contributed by atoms with van der Waals surface area (Å²) in [6.45, 7) is 22.5. The topological polar surface area (TPSA) is 91.0 Å². The van der Waals surface area contributed by atoms with E-state index in [2.05, 4.69) is 68.4 Å². The second-order valence-corrected chi connectivity index (χ2v) is 17.1. The van der Waals surface area contributed by atoms with Crippen molar-refractivity contribution < 1.29 is 24.1 Å². The number of carbonyl (C=O) groups is 1. The molecule has 6 nitrogen and oxygen atoms in total. The molecule has 0 aromatic rings. The van der Waals surface area contributed by atoms with E-state index in [-0.39, 0.29) is 50.7 Å². The summed E-state index contributed by atoms with van der Waals surface area (Å²) in [5.41, 5.74) is 7.05. The van der Waals surface area contributed by atoms with Gasteiger partial charge in [0, 0.05) is 23.5 Å². The quantitative estimate of drug-likeness (QED) is 0.266. The first-order chi connectivity index (χ1) is 20.0. The van der Waals surface area contributed by atoms with Gasteiger partial charge in [-0.1, -0.05) is 74.0 Å². The van der Waals surface area contributed by atoms with E-state index >= 15 is 0 Å². The summed E-state index contributed by atoms with van der Waals surface area (Å²) in [5.74, 6) is 0.618. The summed E-state index contributed by atoms with van der Waals surface area (Å²) >= 11 is 0. The lowest BCUT2D eigenvalue weighted by Crippen LogP contribution is -2.70. The molecule has 0 aromatic carbocycles. The van der Waals surface area contributed by atoms with Gasteiger partial charge < -0.3 is 25.1 Å². The number of allylic oxidation sites excluding steroid dienone is 1. The van der Waals surface area contributed by atoms with E-state index in [4.69, 9.17) is 19.9 Å². The third-order valence-corrected chi connectivity index (χ3v) is 15.3. The molecule has 3 N–H and O–H groups in total. The maximum absolute atomic E-state index is 13.3. The molecule has 246 valence electrons. The minimum absolute atomic E-state index is 0.0304. The molecule has 3 saturated carbocycles. The van der Waals surface area contributed by atoms with Gasteiger partial charge in [-0.25, -0.2) is 0 Å². The Kier molecular flexibility index (Phi) is 8.62. The molecule has 5 aliphatic rings. The highest BCUT2D eigenvalue weighted by Crippen LogP contribution is 2.75. The SMILES string of the molecule is CCC(N)(CC)CO[C@H]1[C@H](OC)C[C@@]23COC[C@]1(C)[C@@H]2CC[C@H]1C3=CC[C@@]2(C)[C@H](C(=O)O)[C@@](C)([C@H](C)C(C)C)CC[C@]12C. The monoisotopic (exact) mass is 601 g/mol. The lowest BCUT2D eigenvalue weighted by molar-refractivity contribution is -0.269. The van der Waals surface area contributed by atoms with Crippen molar-refractivity contribution in [3.8, 4) is 0 Å². The molecule has 11 atom stereocenters. The average molecular weight is 602 g/mol. The Labute approximate surface area is 262 Å². The Morgan fingerprint density at radius 2 is 1.77 bits per heavy atom. The van der Waals surface area contributed by atoms with Gasteiger partial charge in [0.25, 0.3) is 0 Å². The van der Waals surface area contributed by atoms with Crippen LogP contribution in [-0.4, -0.2) is 55.8 Å². The van der Waals surface area contributed by atoms with Gasteiger partial charge in [-0.2, -0.15) is 0 Å². The zero-order valence-electron chi connectivity index (χ0n) is 29.1. The summed E-state index contributed by atoms with van der Waals surface area (Å²) in [6.07, 6.45) is 10.2. The minimum Gasteiger partial charge on any atom is -0.481 e. The van der Waals surface area contributed by atoms with Crippen molar-refractivity contribution in [2.24, 2.45) is 62.4 Å². The molecule has 1 heterocycles. The van der Waals surface area contributed by atoms with Crippen molar-refractivity contribution in [1.82, 2.24) is 0 Å². The number of methoxy groups -OCH3 is 1. The summed E-state index contributed by atoms with van der Waals surface area (Å²) in [6, 6.07) is 0. The molecule has 5 rings (SSSR count). The molecule has 0 aromatic heterocycles. The number of hydrogen-bond donors (Lipinski definition) is 2. The first-order valence-corrected chi connectivity index (χ1v) is 17.5. The minimum atomic E-state index is -0.604. The first-order valence-electron chi connectivity index (χ1n) is 17.5. The van der Waals surface area contributed by atoms with Crippen LogP contribution in [0.4, 0.5) is 0 Å². The molecule has 0 unspecified atom stereocenters. The van der Waals surface area contributed by atoms with Gasteiger partial charge in [0.1, 0.15) is 0 Å². The smallest absolute Gasteiger partial charge is 0.307 e. The van der Waals surface area contributed by atoms with Crippen molar-refractivity contribution >= 4 is 5.97 Å². The normalized spacial score (nSPS) is 46.8. The van der Waals surface area contributed by atoms with Gasteiger partial charge in [0.15, 0.2) is 0 Å². The highest BCUT2D eigenvalue weighted by Gasteiger charge is 2.71. The Hall–Kier alpha value is -0.950. The Bertz CT molecular complexity index is 1100. The van der Waals surface area contributed by atoms with Crippen LogP contribution in [0, 0.1) is 56.7 Å². The maximum Gasteiger partial charge on any atom is 0.307 e. The zero-order valence-corrected chi connectivity index (χ0v) is 29.1. The summed E-state index contributed by atoms with van der Waals surface area (Å²) in [4.78, 5) is 13.3. The second-order valence-electron chi connectivity index (χ2n) is 17.1. The van der Waals surface area contributed by atoms with Gasteiger partial charge in [0.05, 0.1) is 37.9 Å². The van der Waals surface area contributed by atoms with E-state index in [1.165, 1.54) is 0 Å². The Morgan fingerprint density at radius 1 is 1.09 bits per heavy atom. The highest BCUT2D eigenvalue weighted by atomic mass is 16.5. The van der Waals surface area contributed by atoms with Gasteiger partial charge in [-0.3, -0.25) is 4.79 Å². The lowest BCUT2D eigenvalue weighted by Gasteiger charge is -2.71. The fourth-order valence-electron chi connectivity index (χ4n) is 11.8. The number of carboxylic acids is 1. The van der Waals surface area contributed by atoms with E-state index in [9.17, 15) is 9.90 Å². The van der Waals surface area contributed by atoms with E-state index < -0.39 is 5.97 Å². The van der Waals surface area contributed by atoms with E-state index in [1.807, 2.05) is 7.11 Å². The molecule has 4 fully saturated rings. The van der Waals surface area contributed by atoms with E-state index in [0.29, 0.717) is 36.9 Å². The number of ether oxygens (including phenoxy) is 3. The molecule has 0 amide bonds. The predicted molar refractivity (Wildman–Crippen MR) is 172 cm³/mol. The number of carboxylic acid groups (broad SMARTS) is 1. The third-order valence-electron chi connectivity index (χ3n) is 15.3. The molecule has 1 aliphatic heterocycles. The Morgan fingerprint density at radius 3 is 2.35 bits per heavy atom. The highest BCUT2D eigenvalue weighted by molar-refractivity contribution is 5.73. The fourth-order valence-corrected chi connectivity index (χ4v) is 11.8. The maximum atomic E-state index is 13.3. The lowest BCUT2D eigenvalue weighted by atomic mass is 9.34. The molecule has 43 heavy (non-hydrogen) atoms. The number of fused-ring (bicyclic) bond motifs is 3. The fraction of sp³-hybridized carbons (Fsp3) is 0.919. The van der Waals surface area contributed by atoms with Gasteiger partial charge in [0.2, 0.25) is 0 Å². The average Bonchev–Trinajstić information content (AvgIpc) is 2.95. The third kappa shape index (κ3) is 4.57. The summed E-state index contributed by atoms with van der Waals surface area (Å²) in [7, 11) is 1.84. The largest absolute Gasteiger partial charge is 0.481 e. The van der Waals surface area contributed by atoms with Crippen LogP contribution in [0.15, 0.2) is 11.6 Å². The molecule has 0 radical (unpaired) electrons. The molecule has 6 heteroatoms. The van der Waals surface area contributed by atoms with Gasteiger partial charge >= 0.3 is 5.97 Å². The van der Waals surface area contributed by atoms with Crippen molar-refractivity contribution in [1.29, 1.82) is 0 Å². The Balaban J connectivity index is 1.55. The standard InChI is InChI=1S/C37H63NO5/c1-11-36(38,12-2)21-43-30-27(41-10)19-37-22-42-20-33(30,7)28(37)14-13-25-26(37)15-16-35(9)29(31(39)40)32(6,24(5)23(3)4)17-18-34(25,35)8/h15,23-25,27-30H,11-14,16-22,38H2,1-10H3,(H,39,40)/t24-,25+,27-,28+,29-,30+,32-,33-,34-,35+,37+/m1/s1. The first kappa shape index (κ1) is 33.4. The molecular weight excluding hydrogens is 538 g/mol. The van der Waals surface area contributed by atoms with Crippen molar-refractivity contribution in [2.75, 3.05) is 26.9 Å². The van der Waals surface area contributed by atoms with Crippen LogP contribution in [0.1, 0.15) is 114 Å². The number of aliphatic carboxylic acids is 1. The van der Waals surface area contributed by atoms with Crippen LogP contribution in [0.25, 0.3) is 0 Å². The summed E-state index contributed by atoms with van der Waals surface area (Å²) < 4.78 is 19.7.